The van der Waals surface area contributed by atoms with Crippen molar-refractivity contribution < 1.29 is 5.11 Å². The first-order chi connectivity index (χ1) is 10.9. The van der Waals surface area contributed by atoms with Crippen molar-refractivity contribution >= 4 is 0 Å². The first kappa shape index (κ1) is 15.4. The van der Waals surface area contributed by atoms with Crippen LogP contribution in [-0.4, -0.2) is 5.11 Å². The summed E-state index contributed by atoms with van der Waals surface area (Å²) < 4.78 is 0. The Hall–Kier alpha value is -2.54. The Labute approximate surface area is 138 Å². The molecule has 0 aliphatic carbocycles. The summed E-state index contributed by atoms with van der Waals surface area (Å²) in [6, 6.07) is 18.8. The zero-order valence-electron chi connectivity index (χ0n) is 14.1. The van der Waals surface area contributed by atoms with Crippen molar-refractivity contribution in [1.29, 1.82) is 0 Å². The van der Waals surface area contributed by atoms with Crippen molar-refractivity contribution in [3.63, 3.8) is 0 Å². The van der Waals surface area contributed by atoms with Crippen LogP contribution in [0.5, 0.6) is 5.75 Å². The quantitative estimate of drug-likeness (QED) is 0.619. The Morgan fingerprint density at radius 1 is 0.435 bits per heavy atom. The van der Waals surface area contributed by atoms with Crippen LogP contribution in [0.3, 0.4) is 0 Å². The molecule has 0 unspecified atom stereocenters. The Morgan fingerprint density at radius 2 is 0.739 bits per heavy atom. The van der Waals surface area contributed by atoms with Gasteiger partial charge in [0.25, 0.3) is 0 Å². The lowest BCUT2D eigenvalue weighted by Gasteiger charge is -2.11. The third-order valence-electron chi connectivity index (χ3n) is 4.03. The van der Waals surface area contributed by atoms with Gasteiger partial charge in [-0.25, -0.2) is 0 Å². The van der Waals surface area contributed by atoms with Crippen LogP contribution in [0.15, 0.2) is 54.6 Å². The maximum absolute atomic E-state index is 10.2. The van der Waals surface area contributed by atoms with Crippen LogP contribution in [0.25, 0.3) is 22.3 Å². The van der Waals surface area contributed by atoms with Gasteiger partial charge < -0.3 is 5.11 Å². The van der Waals surface area contributed by atoms with Crippen LogP contribution in [0, 0.1) is 27.7 Å². The minimum absolute atomic E-state index is 0.302. The number of aryl methyl sites for hydroxylation is 4. The molecule has 1 nitrogen and oxygen atoms in total. The topological polar surface area (TPSA) is 20.2 Å². The summed E-state index contributed by atoms with van der Waals surface area (Å²) in [5, 5.41) is 10.2. The van der Waals surface area contributed by atoms with Crippen molar-refractivity contribution in [1.82, 2.24) is 0 Å². The second-order valence-corrected chi connectivity index (χ2v) is 6.52. The zero-order valence-corrected chi connectivity index (χ0v) is 14.1. The van der Waals surface area contributed by atoms with Crippen LogP contribution < -0.4 is 0 Å². The second kappa shape index (κ2) is 5.92. The summed E-state index contributed by atoms with van der Waals surface area (Å²) in [5.41, 5.74) is 9.31. The van der Waals surface area contributed by atoms with E-state index in [0.717, 1.165) is 22.3 Å². The Bertz CT molecular complexity index is 765. The molecule has 3 aromatic carbocycles. The molecule has 0 aliphatic heterocycles. The molecule has 0 radical (unpaired) electrons. The molecule has 0 aromatic heterocycles. The maximum atomic E-state index is 10.2. The fourth-order valence-corrected chi connectivity index (χ4v) is 3.23. The highest BCUT2D eigenvalue weighted by atomic mass is 16.3. The Balaban J connectivity index is 2.16. The number of hydrogen-bond acceptors (Lipinski definition) is 1. The number of benzene rings is 3. The fraction of sp³-hybridized carbons (Fsp3) is 0.182. The largest absolute Gasteiger partial charge is 0.508 e. The molecule has 1 N–H and O–H groups in total. The lowest BCUT2D eigenvalue weighted by molar-refractivity contribution is 0.476. The highest BCUT2D eigenvalue weighted by Gasteiger charge is 2.07. The lowest BCUT2D eigenvalue weighted by Crippen LogP contribution is -1.86. The molecule has 3 aromatic rings. The number of phenolic OH excluding ortho intramolecular Hbond substituents is 1. The van der Waals surface area contributed by atoms with E-state index < -0.39 is 0 Å². The van der Waals surface area contributed by atoms with Gasteiger partial charge in [0.2, 0.25) is 0 Å². The van der Waals surface area contributed by atoms with Gasteiger partial charge >= 0.3 is 0 Å². The lowest BCUT2D eigenvalue weighted by atomic mass is 9.95. The molecule has 0 bridgehead atoms. The third-order valence-corrected chi connectivity index (χ3v) is 4.03. The summed E-state index contributed by atoms with van der Waals surface area (Å²) >= 11 is 0. The smallest absolute Gasteiger partial charge is 0.116 e. The summed E-state index contributed by atoms with van der Waals surface area (Å²) in [4.78, 5) is 0. The first-order valence-corrected chi connectivity index (χ1v) is 7.92. The average Bonchev–Trinajstić information content (AvgIpc) is 2.44. The highest BCUT2D eigenvalue weighted by Crippen LogP contribution is 2.32. The van der Waals surface area contributed by atoms with Crippen molar-refractivity contribution in [2.45, 2.75) is 27.7 Å². The van der Waals surface area contributed by atoms with E-state index in [1.807, 2.05) is 12.1 Å². The predicted molar refractivity (Wildman–Crippen MR) is 97.9 cm³/mol. The van der Waals surface area contributed by atoms with E-state index in [2.05, 4.69) is 70.2 Å². The molecular weight excluding hydrogens is 280 g/mol. The van der Waals surface area contributed by atoms with Crippen LogP contribution >= 0.6 is 0 Å². The molecule has 0 fully saturated rings. The maximum Gasteiger partial charge on any atom is 0.116 e. The summed E-state index contributed by atoms with van der Waals surface area (Å²) in [6.45, 7) is 8.41. The van der Waals surface area contributed by atoms with E-state index in [0.29, 0.717) is 5.75 Å². The van der Waals surface area contributed by atoms with E-state index in [9.17, 15) is 5.11 Å². The number of hydrogen-bond donors (Lipinski definition) is 1. The van der Waals surface area contributed by atoms with Crippen molar-refractivity contribution in [2.24, 2.45) is 0 Å². The van der Waals surface area contributed by atoms with Gasteiger partial charge in [0.05, 0.1) is 0 Å². The summed E-state index contributed by atoms with van der Waals surface area (Å²) in [5.74, 6) is 0.302. The van der Waals surface area contributed by atoms with Gasteiger partial charge in [-0.3, -0.25) is 0 Å². The van der Waals surface area contributed by atoms with Gasteiger partial charge in [0.1, 0.15) is 5.75 Å². The number of rotatable bonds is 2. The third kappa shape index (κ3) is 3.45. The van der Waals surface area contributed by atoms with Gasteiger partial charge in [-0.15, -0.1) is 0 Å². The van der Waals surface area contributed by atoms with Crippen LogP contribution in [0.2, 0.25) is 0 Å². The van der Waals surface area contributed by atoms with Gasteiger partial charge in [-0.1, -0.05) is 58.7 Å². The summed E-state index contributed by atoms with van der Waals surface area (Å²) in [7, 11) is 0. The average molecular weight is 302 g/mol. The summed E-state index contributed by atoms with van der Waals surface area (Å²) in [6.07, 6.45) is 0. The van der Waals surface area contributed by atoms with E-state index in [-0.39, 0.29) is 0 Å². The first-order valence-electron chi connectivity index (χ1n) is 7.92. The Morgan fingerprint density at radius 3 is 1.09 bits per heavy atom. The molecule has 0 saturated carbocycles. The van der Waals surface area contributed by atoms with Crippen molar-refractivity contribution in [3.8, 4) is 28.0 Å². The molecule has 0 atom stereocenters. The standard InChI is InChI=1S/C22H22O/c1-14-5-15(2)8-18(7-14)20-11-21(13-22(23)12-20)19-9-16(3)6-17(4)10-19/h5-13,23H,1-4H3. The molecule has 0 aliphatic rings. The zero-order chi connectivity index (χ0) is 16.6. The molecular formula is C22H22O. The normalized spacial score (nSPS) is 10.8. The van der Waals surface area contributed by atoms with Crippen LogP contribution in [-0.2, 0) is 0 Å². The van der Waals surface area contributed by atoms with Crippen LogP contribution in [0.4, 0.5) is 0 Å². The van der Waals surface area contributed by atoms with E-state index in [4.69, 9.17) is 0 Å². The van der Waals surface area contributed by atoms with Gasteiger partial charge in [0.15, 0.2) is 0 Å². The number of phenols is 1. The molecule has 0 saturated heterocycles. The van der Waals surface area contributed by atoms with Gasteiger partial charge in [0, 0.05) is 0 Å². The van der Waals surface area contributed by atoms with Gasteiger partial charge in [-0.05, 0) is 68.1 Å². The SMILES string of the molecule is Cc1cc(C)cc(-c2cc(O)cc(-c3cc(C)cc(C)c3)c2)c1. The monoisotopic (exact) mass is 302 g/mol. The molecule has 1 heteroatoms. The molecule has 0 amide bonds. The molecule has 116 valence electrons. The molecule has 3 rings (SSSR count). The highest BCUT2D eigenvalue weighted by molar-refractivity contribution is 5.76. The predicted octanol–water partition coefficient (Wildman–Crippen LogP) is 5.96. The Kier molecular flexibility index (Phi) is 3.96. The minimum Gasteiger partial charge on any atom is -0.508 e. The van der Waals surface area contributed by atoms with Crippen LogP contribution in [0.1, 0.15) is 22.3 Å². The second-order valence-electron chi connectivity index (χ2n) is 6.52. The molecule has 0 spiro atoms. The molecule has 0 heterocycles. The van der Waals surface area contributed by atoms with E-state index >= 15 is 0 Å². The minimum atomic E-state index is 0.302. The van der Waals surface area contributed by atoms with Gasteiger partial charge in [-0.2, -0.15) is 0 Å². The van der Waals surface area contributed by atoms with E-state index in [1.54, 1.807) is 0 Å². The number of aromatic hydroxyl groups is 1. The van der Waals surface area contributed by atoms with Crippen molar-refractivity contribution in [2.75, 3.05) is 0 Å². The van der Waals surface area contributed by atoms with Crippen molar-refractivity contribution in [3.05, 3.63) is 76.9 Å². The molecule has 23 heavy (non-hydrogen) atoms. The fourth-order valence-electron chi connectivity index (χ4n) is 3.23. The van der Waals surface area contributed by atoms with E-state index in [1.165, 1.54) is 22.3 Å².